The van der Waals surface area contributed by atoms with Gasteiger partial charge in [0.25, 0.3) is 0 Å². The smallest absolute Gasteiger partial charge is 0.0234 e. The summed E-state index contributed by atoms with van der Waals surface area (Å²) in [5.74, 6) is 0. The SMILES string of the molecule is CC(C)(C)N1CCN(Cc2ccccc2)CC1.Cl.Cl. The Balaban J connectivity index is 0.00000162. The van der Waals surface area contributed by atoms with E-state index in [1.807, 2.05) is 0 Å². The van der Waals surface area contributed by atoms with Gasteiger partial charge < -0.3 is 0 Å². The predicted molar refractivity (Wildman–Crippen MR) is 87.5 cm³/mol. The molecule has 1 aromatic rings. The molecule has 110 valence electrons. The van der Waals surface area contributed by atoms with E-state index in [1.165, 1.54) is 31.7 Å². The van der Waals surface area contributed by atoms with Gasteiger partial charge in [-0.25, -0.2) is 0 Å². The number of benzene rings is 1. The van der Waals surface area contributed by atoms with Crippen LogP contribution in [0.2, 0.25) is 0 Å². The van der Waals surface area contributed by atoms with Crippen molar-refractivity contribution in [3.8, 4) is 0 Å². The normalized spacial score (nSPS) is 17.4. The molecule has 0 aliphatic carbocycles. The van der Waals surface area contributed by atoms with E-state index in [4.69, 9.17) is 0 Å². The van der Waals surface area contributed by atoms with E-state index in [-0.39, 0.29) is 24.8 Å². The first kappa shape index (κ1) is 18.7. The van der Waals surface area contributed by atoms with E-state index in [1.54, 1.807) is 0 Å². The van der Waals surface area contributed by atoms with E-state index >= 15 is 0 Å². The highest BCUT2D eigenvalue weighted by atomic mass is 35.5. The Hall–Kier alpha value is -0.280. The molecule has 0 radical (unpaired) electrons. The van der Waals surface area contributed by atoms with Gasteiger partial charge in [-0.05, 0) is 26.3 Å². The van der Waals surface area contributed by atoms with Crippen LogP contribution in [0.25, 0.3) is 0 Å². The van der Waals surface area contributed by atoms with Gasteiger partial charge in [0.2, 0.25) is 0 Å². The van der Waals surface area contributed by atoms with Crippen molar-refractivity contribution < 1.29 is 0 Å². The molecule has 2 rings (SSSR count). The molecule has 1 fully saturated rings. The molecule has 0 bridgehead atoms. The molecular formula is C15H26Cl2N2. The molecular weight excluding hydrogens is 279 g/mol. The van der Waals surface area contributed by atoms with Gasteiger partial charge in [0, 0.05) is 38.3 Å². The molecule has 1 aromatic carbocycles. The zero-order valence-corrected chi connectivity index (χ0v) is 13.8. The summed E-state index contributed by atoms with van der Waals surface area (Å²) in [4.78, 5) is 5.13. The Morgan fingerprint density at radius 3 is 1.89 bits per heavy atom. The zero-order chi connectivity index (χ0) is 12.3. The molecule has 1 aliphatic heterocycles. The minimum atomic E-state index is 0. The Morgan fingerprint density at radius 1 is 0.895 bits per heavy atom. The third-order valence-electron chi connectivity index (χ3n) is 3.57. The fourth-order valence-electron chi connectivity index (χ4n) is 2.42. The highest BCUT2D eigenvalue weighted by Gasteiger charge is 2.25. The van der Waals surface area contributed by atoms with E-state index < -0.39 is 0 Å². The van der Waals surface area contributed by atoms with Crippen LogP contribution in [0.4, 0.5) is 0 Å². The largest absolute Gasteiger partial charge is 0.297 e. The second-order valence-corrected chi connectivity index (χ2v) is 5.92. The van der Waals surface area contributed by atoms with E-state index in [0.29, 0.717) is 5.54 Å². The van der Waals surface area contributed by atoms with Gasteiger partial charge in [-0.15, -0.1) is 24.8 Å². The predicted octanol–water partition coefficient (Wildman–Crippen LogP) is 3.45. The molecule has 1 heterocycles. The van der Waals surface area contributed by atoms with Gasteiger partial charge in [-0.3, -0.25) is 9.80 Å². The van der Waals surface area contributed by atoms with E-state index in [0.717, 1.165) is 6.54 Å². The third-order valence-corrected chi connectivity index (χ3v) is 3.57. The lowest BCUT2D eigenvalue weighted by molar-refractivity contribution is 0.0591. The lowest BCUT2D eigenvalue weighted by Crippen LogP contribution is -2.53. The summed E-state index contributed by atoms with van der Waals surface area (Å²) in [6.45, 7) is 12.8. The summed E-state index contributed by atoms with van der Waals surface area (Å²) in [7, 11) is 0. The summed E-state index contributed by atoms with van der Waals surface area (Å²) in [5.41, 5.74) is 1.75. The zero-order valence-electron chi connectivity index (χ0n) is 12.1. The first-order valence-electron chi connectivity index (χ1n) is 6.57. The monoisotopic (exact) mass is 304 g/mol. The molecule has 0 atom stereocenters. The van der Waals surface area contributed by atoms with Crippen molar-refractivity contribution in [2.75, 3.05) is 26.2 Å². The van der Waals surface area contributed by atoms with Gasteiger partial charge in [0.05, 0.1) is 0 Å². The van der Waals surface area contributed by atoms with E-state index in [9.17, 15) is 0 Å². The average Bonchev–Trinajstić information content (AvgIpc) is 2.30. The summed E-state index contributed by atoms with van der Waals surface area (Å²) in [6, 6.07) is 10.8. The molecule has 0 amide bonds. The highest BCUT2D eigenvalue weighted by molar-refractivity contribution is 5.85. The van der Waals surface area contributed by atoms with Crippen LogP contribution in [0.1, 0.15) is 26.3 Å². The minimum Gasteiger partial charge on any atom is -0.297 e. The van der Waals surface area contributed by atoms with Crippen molar-refractivity contribution >= 4 is 24.8 Å². The Bertz CT molecular complexity index is 341. The van der Waals surface area contributed by atoms with Crippen LogP contribution in [0, 0.1) is 0 Å². The number of hydrogen-bond donors (Lipinski definition) is 0. The van der Waals surface area contributed by atoms with Crippen LogP contribution in [-0.4, -0.2) is 41.5 Å². The standard InChI is InChI=1S/C15H24N2.2ClH/c1-15(2,3)17-11-9-16(10-12-17)13-14-7-5-4-6-8-14;;/h4-8H,9-13H2,1-3H3;2*1H. The van der Waals surface area contributed by atoms with Crippen molar-refractivity contribution in [3.63, 3.8) is 0 Å². The molecule has 0 aromatic heterocycles. The molecule has 1 saturated heterocycles. The van der Waals surface area contributed by atoms with Gasteiger partial charge in [0.15, 0.2) is 0 Å². The van der Waals surface area contributed by atoms with Crippen molar-refractivity contribution in [1.29, 1.82) is 0 Å². The molecule has 0 saturated carbocycles. The number of nitrogens with zero attached hydrogens (tertiary/aromatic N) is 2. The maximum atomic E-state index is 2.58. The molecule has 0 unspecified atom stereocenters. The quantitative estimate of drug-likeness (QED) is 0.826. The number of piperazine rings is 1. The van der Waals surface area contributed by atoms with Crippen LogP contribution in [0.15, 0.2) is 30.3 Å². The van der Waals surface area contributed by atoms with Crippen molar-refractivity contribution in [1.82, 2.24) is 9.80 Å². The van der Waals surface area contributed by atoms with Crippen LogP contribution < -0.4 is 0 Å². The molecule has 19 heavy (non-hydrogen) atoms. The first-order chi connectivity index (χ1) is 8.05. The van der Waals surface area contributed by atoms with Crippen molar-refractivity contribution in [2.45, 2.75) is 32.9 Å². The lowest BCUT2D eigenvalue weighted by atomic mass is 10.0. The number of hydrogen-bond acceptors (Lipinski definition) is 2. The second-order valence-electron chi connectivity index (χ2n) is 5.92. The lowest BCUT2D eigenvalue weighted by Gasteiger charge is -2.42. The Morgan fingerprint density at radius 2 is 1.42 bits per heavy atom. The molecule has 2 nitrogen and oxygen atoms in total. The van der Waals surface area contributed by atoms with Crippen molar-refractivity contribution in [3.05, 3.63) is 35.9 Å². The fourth-order valence-corrected chi connectivity index (χ4v) is 2.42. The minimum absolute atomic E-state index is 0. The van der Waals surface area contributed by atoms with Crippen LogP contribution >= 0.6 is 24.8 Å². The van der Waals surface area contributed by atoms with Crippen molar-refractivity contribution in [2.24, 2.45) is 0 Å². The van der Waals surface area contributed by atoms with Gasteiger partial charge in [-0.1, -0.05) is 30.3 Å². The fraction of sp³-hybridized carbons (Fsp3) is 0.600. The average molecular weight is 305 g/mol. The summed E-state index contributed by atoms with van der Waals surface area (Å²) in [5, 5.41) is 0. The van der Waals surface area contributed by atoms with Gasteiger partial charge in [-0.2, -0.15) is 0 Å². The van der Waals surface area contributed by atoms with Gasteiger partial charge >= 0.3 is 0 Å². The molecule has 0 spiro atoms. The molecule has 4 heteroatoms. The second kappa shape index (κ2) is 8.11. The molecule has 0 N–H and O–H groups in total. The van der Waals surface area contributed by atoms with Crippen LogP contribution in [0.3, 0.4) is 0 Å². The van der Waals surface area contributed by atoms with E-state index in [2.05, 4.69) is 60.9 Å². The maximum absolute atomic E-state index is 2.58. The van der Waals surface area contributed by atoms with Gasteiger partial charge in [0.1, 0.15) is 0 Å². The summed E-state index contributed by atoms with van der Waals surface area (Å²) < 4.78 is 0. The van der Waals surface area contributed by atoms with Crippen LogP contribution in [-0.2, 0) is 6.54 Å². The number of halogens is 2. The third kappa shape index (κ3) is 5.70. The highest BCUT2D eigenvalue weighted by Crippen LogP contribution is 2.16. The Labute approximate surface area is 130 Å². The summed E-state index contributed by atoms with van der Waals surface area (Å²) in [6.07, 6.45) is 0. The molecule has 1 aliphatic rings. The number of rotatable bonds is 2. The topological polar surface area (TPSA) is 6.48 Å². The summed E-state index contributed by atoms with van der Waals surface area (Å²) >= 11 is 0. The maximum Gasteiger partial charge on any atom is 0.0234 e. The first-order valence-corrected chi connectivity index (χ1v) is 6.57. The Kier molecular flexibility index (Phi) is 7.99. The van der Waals surface area contributed by atoms with Crippen LogP contribution in [0.5, 0.6) is 0 Å².